The zero-order valence-electron chi connectivity index (χ0n) is 18.9. The van der Waals surface area contributed by atoms with E-state index in [1.807, 2.05) is 0 Å². The smallest absolute Gasteiger partial charge is 0.450 e. The molecule has 216 valence electrons. The maximum absolute atomic E-state index is 14.0. The van der Waals surface area contributed by atoms with Crippen molar-refractivity contribution < 1.29 is 80.5 Å². The Hall–Kier alpha value is -3.10. The molecule has 1 aromatic carbocycles. The first-order valence-electron chi connectivity index (χ1n) is 9.53. The fourth-order valence-electron chi connectivity index (χ4n) is 2.16. The molecule has 0 atom stereocenters. The lowest BCUT2D eigenvalue weighted by molar-refractivity contribution is -0.247. The van der Waals surface area contributed by atoms with E-state index >= 15 is 0 Å². The Morgan fingerprint density at radius 3 is 1.97 bits per heavy atom. The number of rotatable bonds is 15. The summed E-state index contributed by atoms with van der Waals surface area (Å²) in [6.45, 7) is 2.45. The van der Waals surface area contributed by atoms with Gasteiger partial charge in [-0.2, -0.15) is 43.2 Å². The first kappa shape index (κ1) is 32.9. The van der Waals surface area contributed by atoms with Crippen molar-refractivity contribution in [2.75, 3.05) is 33.5 Å². The van der Waals surface area contributed by atoms with E-state index in [2.05, 4.69) is 20.2 Å². The Bertz CT molecular complexity index is 1250. The van der Waals surface area contributed by atoms with Gasteiger partial charge in [0.1, 0.15) is 13.2 Å². The van der Waals surface area contributed by atoms with Crippen molar-refractivity contribution in [3.8, 4) is 11.5 Å². The van der Waals surface area contributed by atoms with Crippen molar-refractivity contribution >= 4 is 32.2 Å². The fraction of sp³-hybridized carbons (Fsp3) is 0.444. The summed E-state index contributed by atoms with van der Waals surface area (Å²) >= 11 is 0. The van der Waals surface area contributed by atoms with Gasteiger partial charge in [0.15, 0.2) is 11.5 Å². The number of benzene rings is 1. The van der Waals surface area contributed by atoms with Gasteiger partial charge in [0, 0.05) is 6.08 Å². The SMILES string of the molecule is C=CC(=O)OCCOCCOC(=O)c1ccc(OS(=O)(=O)C(F)(F)C(F)(F)C(F)(F)S(=O)(=O)O)c(OC)c1. The molecule has 1 aromatic rings. The van der Waals surface area contributed by atoms with Crippen LogP contribution in [-0.4, -0.2) is 83.3 Å². The highest BCUT2D eigenvalue weighted by atomic mass is 32.2. The molecule has 0 heterocycles. The molecule has 0 bridgehead atoms. The second-order valence-corrected chi connectivity index (χ2v) is 9.66. The summed E-state index contributed by atoms with van der Waals surface area (Å²) < 4.78 is 157. The third kappa shape index (κ3) is 7.05. The molecule has 0 aliphatic heterocycles. The van der Waals surface area contributed by atoms with E-state index in [1.54, 1.807) is 0 Å². The first-order valence-corrected chi connectivity index (χ1v) is 12.4. The lowest BCUT2D eigenvalue weighted by atomic mass is 10.2. The number of esters is 2. The number of alkyl halides is 6. The molecule has 20 heteroatoms. The van der Waals surface area contributed by atoms with E-state index < -0.39 is 65.7 Å². The predicted molar refractivity (Wildman–Crippen MR) is 111 cm³/mol. The van der Waals surface area contributed by atoms with Gasteiger partial charge in [-0.1, -0.05) is 6.58 Å². The van der Waals surface area contributed by atoms with Crippen LogP contribution in [0, 0.1) is 0 Å². The second kappa shape index (κ2) is 12.2. The van der Waals surface area contributed by atoms with E-state index in [9.17, 15) is 52.8 Å². The minimum atomic E-state index is -7.22. The van der Waals surface area contributed by atoms with Crippen molar-refractivity contribution in [2.24, 2.45) is 0 Å². The quantitative estimate of drug-likeness (QED) is 0.0773. The standard InChI is InChI=1S/C18H18F6O12S2/c1-3-14(25)34-8-6-33-7-9-35-15(26)11-4-5-12(13(10-11)32-2)36-38(30,31)18(23,24)16(19,20)17(21,22)37(27,28)29/h3-5,10H,1,6-9H2,2H3,(H,27,28,29). The van der Waals surface area contributed by atoms with Gasteiger partial charge in [-0.3, -0.25) is 4.55 Å². The summed E-state index contributed by atoms with van der Waals surface area (Å²) in [4.78, 5) is 22.9. The molecule has 0 aliphatic carbocycles. The monoisotopic (exact) mass is 604 g/mol. The summed E-state index contributed by atoms with van der Waals surface area (Å²) in [6, 6.07) is 1.77. The van der Waals surface area contributed by atoms with Crippen molar-refractivity contribution in [1.29, 1.82) is 0 Å². The molecule has 1 rings (SSSR count). The number of carbonyl (C=O) groups excluding carboxylic acids is 2. The highest BCUT2D eigenvalue weighted by Gasteiger charge is 2.83. The van der Waals surface area contributed by atoms with Crippen LogP contribution in [0.3, 0.4) is 0 Å². The van der Waals surface area contributed by atoms with Gasteiger partial charge in [-0.15, -0.1) is 0 Å². The van der Waals surface area contributed by atoms with Crippen molar-refractivity contribution in [3.63, 3.8) is 0 Å². The van der Waals surface area contributed by atoms with Crippen LogP contribution in [0.25, 0.3) is 0 Å². The summed E-state index contributed by atoms with van der Waals surface area (Å²) in [5.74, 6) is -11.2. The zero-order chi connectivity index (χ0) is 29.6. The summed E-state index contributed by atoms with van der Waals surface area (Å²) in [5, 5.41) is -13.9. The van der Waals surface area contributed by atoms with E-state index in [0.29, 0.717) is 18.2 Å². The van der Waals surface area contributed by atoms with Crippen molar-refractivity contribution in [2.45, 2.75) is 16.4 Å². The molecule has 0 saturated carbocycles. The van der Waals surface area contributed by atoms with Crippen LogP contribution in [0.4, 0.5) is 26.3 Å². The van der Waals surface area contributed by atoms with Gasteiger partial charge >= 0.3 is 48.6 Å². The molecule has 0 fully saturated rings. The third-order valence-corrected chi connectivity index (χ3v) is 6.25. The van der Waals surface area contributed by atoms with Crippen LogP contribution < -0.4 is 8.92 Å². The van der Waals surface area contributed by atoms with Crippen molar-refractivity contribution in [1.82, 2.24) is 0 Å². The Kier molecular flexibility index (Phi) is 10.5. The number of hydrogen-bond acceptors (Lipinski definition) is 11. The summed E-state index contributed by atoms with van der Waals surface area (Å²) in [7, 11) is -13.5. The van der Waals surface area contributed by atoms with Crippen LogP contribution in [0.15, 0.2) is 30.9 Å². The van der Waals surface area contributed by atoms with E-state index in [0.717, 1.165) is 13.2 Å². The van der Waals surface area contributed by atoms with Gasteiger partial charge in [0.25, 0.3) is 0 Å². The number of methoxy groups -OCH3 is 1. The lowest BCUT2D eigenvalue weighted by Crippen LogP contribution is -2.61. The minimum absolute atomic E-state index is 0.0642. The largest absolute Gasteiger partial charge is 0.493 e. The lowest BCUT2D eigenvalue weighted by Gasteiger charge is -2.29. The maximum atomic E-state index is 14.0. The van der Waals surface area contributed by atoms with Gasteiger partial charge in [-0.05, 0) is 18.2 Å². The van der Waals surface area contributed by atoms with Crippen molar-refractivity contribution in [3.05, 3.63) is 36.4 Å². The van der Waals surface area contributed by atoms with Gasteiger partial charge in [0.05, 0.1) is 25.9 Å². The number of halogens is 6. The summed E-state index contributed by atoms with van der Waals surface area (Å²) in [6.07, 6.45) is 0.922. The molecule has 1 N–H and O–H groups in total. The average Bonchev–Trinajstić information content (AvgIpc) is 2.81. The Balaban J connectivity index is 2.98. The topological polar surface area (TPSA) is 169 Å². The highest BCUT2D eigenvalue weighted by molar-refractivity contribution is 7.88. The van der Waals surface area contributed by atoms with Crippen LogP contribution in [0.5, 0.6) is 11.5 Å². The van der Waals surface area contributed by atoms with Crippen LogP contribution in [0.2, 0.25) is 0 Å². The van der Waals surface area contributed by atoms with Crippen LogP contribution in [0.1, 0.15) is 10.4 Å². The van der Waals surface area contributed by atoms with E-state index in [4.69, 9.17) is 14.0 Å². The molecule has 0 aromatic heterocycles. The Morgan fingerprint density at radius 2 is 1.47 bits per heavy atom. The molecule has 0 unspecified atom stereocenters. The Labute approximate surface area is 210 Å². The van der Waals surface area contributed by atoms with E-state index in [1.165, 1.54) is 0 Å². The molecule has 38 heavy (non-hydrogen) atoms. The van der Waals surface area contributed by atoms with Crippen LogP contribution >= 0.6 is 0 Å². The van der Waals surface area contributed by atoms with Gasteiger partial charge < -0.3 is 23.1 Å². The summed E-state index contributed by atoms with van der Waals surface area (Å²) in [5.41, 5.74) is -0.415. The average molecular weight is 604 g/mol. The number of carbonyl (C=O) groups is 2. The molecule has 0 radical (unpaired) electrons. The third-order valence-electron chi connectivity index (χ3n) is 4.07. The molecule has 0 saturated heterocycles. The van der Waals surface area contributed by atoms with Crippen LogP contribution in [-0.2, 0) is 39.2 Å². The minimum Gasteiger partial charge on any atom is -0.493 e. The molecule has 0 spiro atoms. The molecule has 0 aliphatic rings. The fourth-order valence-corrected chi connectivity index (χ4v) is 3.60. The highest BCUT2D eigenvalue weighted by Crippen LogP contribution is 2.51. The number of hydrogen-bond donors (Lipinski definition) is 1. The molecule has 0 amide bonds. The Morgan fingerprint density at radius 1 is 0.921 bits per heavy atom. The zero-order valence-corrected chi connectivity index (χ0v) is 20.5. The van der Waals surface area contributed by atoms with Gasteiger partial charge in [-0.25, -0.2) is 9.59 Å². The van der Waals surface area contributed by atoms with Gasteiger partial charge in [0.2, 0.25) is 0 Å². The molecular weight excluding hydrogens is 586 g/mol. The predicted octanol–water partition coefficient (Wildman–Crippen LogP) is 2.02. The molecule has 12 nitrogen and oxygen atoms in total. The normalized spacial score (nSPS) is 12.9. The second-order valence-electron chi connectivity index (χ2n) is 6.61. The molecular formula is C18H18F6O12S2. The first-order chi connectivity index (χ1) is 17.3. The van der Waals surface area contributed by atoms with E-state index in [-0.39, 0.29) is 26.4 Å². The maximum Gasteiger partial charge on any atom is 0.450 e. The number of ether oxygens (including phenoxy) is 4.